The lowest BCUT2D eigenvalue weighted by molar-refractivity contribution is 0.636. The summed E-state index contributed by atoms with van der Waals surface area (Å²) in [5.74, 6) is 0.236. The second-order valence-corrected chi connectivity index (χ2v) is 4.71. The number of nitrogens with one attached hydrogen (secondary N) is 1. The number of para-hydroxylation sites is 1. The van der Waals surface area contributed by atoms with Crippen molar-refractivity contribution in [2.24, 2.45) is 0 Å². The SMILES string of the molecule is Fc1cccc2c(NCc3ccccc3Cl)ncnc12. The first kappa shape index (κ1) is 12.8. The lowest BCUT2D eigenvalue weighted by atomic mass is 10.2. The summed E-state index contributed by atoms with van der Waals surface area (Å²) in [6, 6.07) is 12.4. The van der Waals surface area contributed by atoms with Gasteiger partial charge in [0.1, 0.15) is 23.5 Å². The summed E-state index contributed by atoms with van der Waals surface area (Å²) >= 11 is 6.10. The van der Waals surface area contributed by atoms with Crippen LogP contribution in [0.3, 0.4) is 0 Å². The Morgan fingerprint density at radius 1 is 1.05 bits per heavy atom. The Balaban J connectivity index is 1.92. The highest BCUT2D eigenvalue weighted by atomic mass is 35.5. The first-order valence-corrected chi connectivity index (χ1v) is 6.50. The number of nitrogens with zero attached hydrogens (tertiary/aromatic N) is 2. The monoisotopic (exact) mass is 287 g/mol. The Bertz CT molecular complexity index is 761. The van der Waals surface area contributed by atoms with Crippen LogP contribution in [0.1, 0.15) is 5.56 Å². The van der Waals surface area contributed by atoms with Gasteiger partial charge in [0, 0.05) is 17.0 Å². The maximum absolute atomic E-state index is 13.7. The first-order chi connectivity index (χ1) is 9.75. The Hall–Kier alpha value is -2.20. The highest BCUT2D eigenvalue weighted by Gasteiger charge is 2.07. The Morgan fingerprint density at radius 2 is 1.90 bits per heavy atom. The molecular weight excluding hydrogens is 277 g/mol. The van der Waals surface area contributed by atoms with Crippen LogP contribution in [0.5, 0.6) is 0 Å². The van der Waals surface area contributed by atoms with E-state index in [0.717, 1.165) is 5.56 Å². The average molecular weight is 288 g/mol. The smallest absolute Gasteiger partial charge is 0.149 e. The standard InChI is InChI=1S/C15H11ClFN3/c16-12-6-2-1-4-10(12)8-18-15-11-5-3-7-13(17)14(11)19-9-20-15/h1-7,9H,8H2,(H,18,19,20). The van der Waals surface area contributed by atoms with Crippen molar-refractivity contribution >= 4 is 28.3 Å². The average Bonchev–Trinajstić information content (AvgIpc) is 2.47. The number of aromatic nitrogens is 2. The second-order valence-electron chi connectivity index (χ2n) is 4.30. The van der Waals surface area contributed by atoms with Gasteiger partial charge >= 0.3 is 0 Å². The highest BCUT2D eigenvalue weighted by molar-refractivity contribution is 6.31. The molecule has 0 unspecified atom stereocenters. The molecule has 0 fully saturated rings. The Kier molecular flexibility index (Phi) is 3.48. The predicted octanol–water partition coefficient (Wildman–Crippen LogP) is 4.03. The van der Waals surface area contributed by atoms with Crippen LogP contribution >= 0.6 is 11.6 Å². The zero-order valence-electron chi connectivity index (χ0n) is 10.5. The molecule has 0 amide bonds. The van der Waals surface area contributed by atoms with Crippen molar-refractivity contribution in [2.45, 2.75) is 6.54 Å². The molecule has 0 saturated heterocycles. The van der Waals surface area contributed by atoms with Gasteiger partial charge in [-0.05, 0) is 23.8 Å². The van der Waals surface area contributed by atoms with Gasteiger partial charge in [-0.2, -0.15) is 0 Å². The molecule has 0 atom stereocenters. The van der Waals surface area contributed by atoms with Crippen LogP contribution in [-0.4, -0.2) is 9.97 Å². The molecule has 5 heteroatoms. The van der Waals surface area contributed by atoms with E-state index >= 15 is 0 Å². The lowest BCUT2D eigenvalue weighted by Crippen LogP contribution is -2.03. The molecule has 0 saturated carbocycles. The van der Waals surface area contributed by atoms with E-state index in [2.05, 4.69) is 15.3 Å². The topological polar surface area (TPSA) is 37.8 Å². The minimum atomic E-state index is -0.356. The third-order valence-electron chi connectivity index (χ3n) is 3.02. The summed E-state index contributed by atoms with van der Waals surface area (Å²) in [5, 5.41) is 4.51. The number of benzene rings is 2. The molecule has 0 aliphatic carbocycles. The summed E-state index contributed by atoms with van der Waals surface area (Å²) in [7, 11) is 0. The van der Waals surface area contributed by atoms with Gasteiger partial charge in [-0.25, -0.2) is 14.4 Å². The first-order valence-electron chi connectivity index (χ1n) is 6.12. The molecule has 3 nitrogen and oxygen atoms in total. The van der Waals surface area contributed by atoms with Gasteiger partial charge in [-0.1, -0.05) is 35.9 Å². The Morgan fingerprint density at radius 3 is 2.75 bits per heavy atom. The van der Waals surface area contributed by atoms with E-state index in [0.29, 0.717) is 28.3 Å². The van der Waals surface area contributed by atoms with E-state index in [1.807, 2.05) is 24.3 Å². The molecule has 100 valence electrons. The summed E-state index contributed by atoms with van der Waals surface area (Å²) in [4.78, 5) is 8.12. The Labute approximate surface area is 120 Å². The molecule has 0 aliphatic rings. The number of anilines is 1. The number of rotatable bonds is 3. The summed E-state index contributed by atoms with van der Waals surface area (Å²) in [5.41, 5.74) is 1.27. The largest absolute Gasteiger partial charge is 0.365 e. The number of hydrogen-bond acceptors (Lipinski definition) is 3. The molecule has 0 radical (unpaired) electrons. The fraction of sp³-hybridized carbons (Fsp3) is 0.0667. The zero-order valence-corrected chi connectivity index (χ0v) is 11.2. The van der Waals surface area contributed by atoms with E-state index in [1.54, 1.807) is 12.1 Å². The van der Waals surface area contributed by atoms with E-state index in [-0.39, 0.29) is 5.82 Å². The van der Waals surface area contributed by atoms with Crippen LogP contribution in [0.2, 0.25) is 5.02 Å². The molecule has 1 aromatic heterocycles. The molecule has 0 spiro atoms. The van der Waals surface area contributed by atoms with Crippen LogP contribution in [-0.2, 0) is 6.54 Å². The van der Waals surface area contributed by atoms with Gasteiger partial charge in [-0.15, -0.1) is 0 Å². The van der Waals surface area contributed by atoms with Crippen molar-refractivity contribution in [1.82, 2.24) is 9.97 Å². The molecule has 0 bridgehead atoms. The predicted molar refractivity (Wildman–Crippen MR) is 78.3 cm³/mol. The van der Waals surface area contributed by atoms with Crippen LogP contribution in [0.15, 0.2) is 48.8 Å². The number of fused-ring (bicyclic) bond motifs is 1. The lowest BCUT2D eigenvalue weighted by Gasteiger charge is -2.09. The zero-order chi connectivity index (χ0) is 13.9. The van der Waals surface area contributed by atoms with E-state index < -0.39 is 0 Å². The second kappa shape index (κ2) is 5.43. The number of hydrogen-bond donors (Lipinski definition) is 1. The molecule has 20 heavy (non-hydrogen) atoms. The number of halogens is 2. The molecule has 3 aromatic rings. The van der Waals surface area contributed by atoms with E-state index in [1.165, 1.54) is 12.4 Å². The molecular formula is C15H11ClFN3. The molecule has 0 aliphatic heterocycles. The minimum absolute atomic E-state index is 0.309. The summed E-state index contributed by atoms with van der Waals surface area (Å²) in [6.45, 7) is 0.516. The molecule has 3 rings (SSSR count). The quantitative estimate of drug-likeness (QED) is 0.790. The van der Waals surface area contributed by atoms with E-state index in [9.17, 15) is 4.39 Å². The van der Waals surface area contributed by atoms with Crippen molar-refractivity contribution in [1.29, 1.82) is 0 Å². The third kappa shape index (κ3) is 2.42. The van der Waals surface area contributed by atoms with Crippen molar-refractivity contribution < 1.29 is 4.39 Å². The minimum Gasteiger partial charge on any atom is -0.365 e. The van der Waals surface area contributed by atoms with Crippen LogP contribution < -0.4 is 5.32 Å². The molecule has 1 heterocycles. The maximum atomic E-state index is 13.7. The van der Waals surface area contributed by atoms with Gasteiger partial charge in [0.15, 0.2) is 0 Å². The van der Waals surface area contributed by atoms with Gasteiger partial charge in [0.2, 0.25) is 0 Å². The van der Waals surface area contributed by atoms with Crippen LogP contribution in [0.4, 0.5) is 10.2 Å². The summed E-state index contributed by atoms with van der Waals surface area (Å²) < 4.78 is 13.7. The van der Waals surface area contributed by atoms with Gasteiger partial charge in [-0.3, -0.25) is 0 Å². The van der Waals surface area contributed by atoms with E-state index in [4.69, 9.17) is 11.6 Å². The van der Waals surface area contributed by atoms with Crippen molar-refractivity contribution in [3.63, 3.8) is 0 Å². The van der Waals surface area contributed by atoms with Gasteiger partial charge in [0.05, 0.1) is 0 Å². The molecule has 1 N–H and O–H groups in total. The summed E-state index contributed by atoms with van der Waals surface area (Å²) in [6.07, 6.45) is 1.35. The van der Waals surface area contributed by atoms with Crippen molar-refractivity contribution in [3.05, 3.63) is 65.2 Å². The third-order valence-corrected chi connectivity index (χ3v) is 3.39. The fourth-order valence-corrected chi connectivity index (χ4v) is 2.22. The fourth-order valence-electron chi connectivity index (χ4n) is 2.01. The maximum Gasteiger partial charge on any atom is 0.149 e. The van der Waals surface area contributed by atoms with Crippen LogP contribution in [0.25, 0.3) is 10.9 Å². The van der Waals surface area contributed by atoms with Crippen molar-refractivity contribution in [3.8, 4) is 0 Å². The van der Waals surface area contributed by atoms with Crippen LogP contribution in [0, 0.1) is 5.82 Å². The normalized spacial score (nSPS) is 10.7. The molecule has 2 aromatic carbocycles. The van der Waals surface area contributed by atoms with Gasteiger partial charge in [0.25, 0.3) is 0 Å². The van der Waals surface area contributed by atoms with Crippen molar-refractivity contribution in [2.75, 3.05) is 5.32 Å². The highest BCUT2D eigenvalue weighted by Crippen LogP contribution is 2.22. The van der Waals surface area contributed by atoms with Gasteiger partial charge < -0.3 is 5.32 Å².